The van der Waals surface area contributed by atoms with E-state index in [0.29, 0.717) is 10.2 Å². The van der Waals surface area contributed by atoms with Gasteiger partial charge in [-0.3, -0.25) is 10.9 Å². The van der Waals surface area contributed by atoms with E-state index in [1.54, 1.807) is 25.9 Å². The molecule has 9 heteroatoms. The van der Waals surface area contributed by atoms with Gasteiger partial charge >= 0.3 is 0 Å². The highest BCUT2D eigenvalue weighted by Gasteiger charge is 1.97. The lowest BCUT2D eigenvalue weighted by atomic mass is 10.5. The van der Waals surface area contributed by atoms with Gasteiger partial charge in [0.2, 0.25) is 0 Å². The fraction of sp³-hybridized carbons (Fsp3) is 0.600. The summed E-state index contributed by atoms with van der Waals surface area (Å²) in [5.74, 6) is 1.62. The van der Waals surface area contributed by atoms with E-state index in [1.807, 2.05) is 13.8 Å². The average molecular weight is 321 g/mol. The van der Waals surface area contributed by atoms with E-state index in [4.69, 9.17) is 24.4 Å². The number of nitrogens with one attached hydrogen (secondary N) is 4. The Balaban J connectivity index is 3.89. The van der Waals surface area contributed by atoms with Crippen molar-refractivity contribution in [3.05, 3.63) is 0 Å². The summed E-state index contributed by atoms with van der Waals surface area (Å²) in [6, 6.07) is 0. The van der Waals surface area contributed by atoms with Crippen LogP contribution in [-0.4, -0.2) is 47.2 Å². The Kier molecular flexibility index (Phi) is 10.4. The predicted molar refractivity (Wildman–Crippen MR) is 93.1 cm³/mol. The Hall–Kier alpha value is -0.930. The molecule has 19 heavy (non-hydrogen) atoms. The zero-order chi connectivity index (χ0) is 14.7. The summed E-state index contributed by atoms with van der Waals surface area (Å²) in [6.45, 7) is 3.89. The molecule has 0 aliphatic heterocycles. The molecule has 0 bridgehead atoms. The van der Waals surface area contributed by atoms with Gasteiger partial charge in [0.1, 0.15) is 0 Å². The van der Waals surface area contributed by atoms with Gasteiger partial charge in [-0.05, 0) is 38.3 Å². The molecular formula is C10H20N6S3. The molecule has 0 saturated heterocycles. The fourth-order valence-electron chi connectivity index (χ4n) is 0.815. The molecule has 0 aromatic heterocycles. The van der Waals surface area contributed by atoms with Crippen LogP contribution in [0.2, 0.25) is 0 Å². The van der Waals surface area contributed by atoms with Crippen LogP contribution < -0.4 is 21.5 Å². The quantitative estimate of drug-likeness (QED) is 0.325. The minimum Gasteiger partial charge on any atom is -0.364 e. The van der Waals surface area contributed by atoms with Crippen LogP contribution in [0.4, 0.5) is 0 Å². The van der Waals surface area contributed by atoms with E-state index in [-0.39, 0.29) is 0 Å². The normalized spacial score (nSPS) is 11.8. The van der Waals surface area contributed by atoms with Crippen molar-refractivity contribution >= 4 is 57.8 Å². The smallest absolute Gasteiger partial charge is 0.186 e. The number of thioether (sulfide) groups is 1. The van der Waals surface area contributed by atoms with Crippen LogP contribution >= 0.6 is 36.2 Å². The number of hydrogen-bond donors (Lipinski definition) is 4. The van der Waals surface area contributed by atoms with E-state index in [2.05, 4.69) is 31.7 Å². The van der Waals surface area contributed by atoms with Crippen molar-refractivity contribution in [3.63, 3.8) is 0 Å². The van der Waals surface area contributed by atoms with Gasteiger partial charge in [0.15, 0.2) is 10.2 Å². The summed E-state index contributed by atoms with van der Waals surface area (Å²) in [5.41, 5.74) is 7.42. The van der Waals surface area contributed by atoms with Gasteiger partial charge in [-0.1, -0.05) is 0 Å². The van der Waals surface area contributed by atoms with Crippen LogP contribution in [0.1, 0.15) is 13.8 Å². The lowest BCUT2D eigenvalue weighted by Gasteiger charge is -2.05. The average Bonchev–Trinajstić information content (AvgIpc) is 2.41. The third-order valence-electron chi connectivity index (χ3n) is 1.77. The SMILES string of the molecule is CNC(=S)N/N=C(/C)CSC/C(C)=N\NC(=S)NC. The first-order valence-electron chi connectivity index (χ1n) is 5.59. The lowest BCUT2D eigenvalue weighted by Crippen LogP contribution is -2.29. The number of hydrazone groups is 2. The van der Waals surface area contributed by atoms with Crippen LogP contribution in [0, 0.1) is 0 Å². The summed E-state index contributed by atoms with van der Waals surface area (Å²) < 4.78 is 0. The summed E-state index contributed by atoms with van der Waals surface area (Å²) in [5, 5.41) is 14.9. The molecule has 0 amide bonds. The fourth-order valence-corrected chi connectivity index (χ4v) is 1.73. The van der Waals surface area contributed by atoms with E-state index in [9.17, 15) is 0 Å². The van der Waals surface area contributed by atoms with Crippen molar-refractivity contribution < 1.29 is 0 Å². The molecule has 108 valence electrons. The molecule has 0 unspecified atom stereocenters. The second-order valence-electron chi connectivity index (χ2n) is 3.57. The highest BCUT2D eigenvalue weighted by molar-refractivity contribution is 8.00. The topological polar surface area (TPSA) is 72.8 Å². The van der Waals surface area contributed by atoms with Crippen molar-refractivity contribution in [2.24, 2.45) is 10.2 Å². The van der Waals surface area contributed by atoms with E-state index in [0.717, 1.165) is 22.9 Å². The molecule has 0 aromatic carbocycles. The first kappa shape index (κ1) is 18.1. The second-order valence-corrected chi connectivity index (χ2v) is 5.37. The first-order valence-corrected chi connectivity index (χ1v) is 7.56. The highest BCUT2D eigenvalue weighted by atomic mass is 32.2. The minimum atomic E-state index is 0.506. The van der Waals surface area contributed by atoms with Gasteiger partial charge in [0, 0.05) is 37.0 Å². The van der Waals surface area contributed by atoms with Crippen molar-refractivity contribution in [1.29, 1.82) is 0 Å². The zero-order valence-corrected chi connectivity index (χ0v) is 14.0. The molecular weight excluding hydrogens is 300 g/mol. The zero-order valence-electron chi connectivity index (χ0n) is 11.5. The highest BCUT2D eigenvalue weighted by Crippen LogP contribution is 2.01. The third-order valence-corrected chi connectivity index (χ3v) is 3.61. The maximum absolute atomic E-state index is 4.92. The molecule has 0 aliphatic carbocycles. The molecule has 0 heterocycles. The third kappa shape index (κ3) is 10.7. The molecule has 0 aromatic rings. The summed E-state index contributed by atoms with van der Waals surface area (Å²) in [4.78, 5) is 0. The number of hydrogen-bond acceptors (Lipinski definition) is 5. The van der Waals surface area contributed by atoms with Gasteiger partial charge in [-0.25, -0.2) is 0 Å². The Morgan fingerprint density at radius 3 is 1.58 bits per heavy atom. The lowest BCUT2D eigenvalue weighted by molar-refractivity contribution is 0.971. The summed E-state index contributed by atoms with van der Waals surface area (Å²) in [6.07, 6.45) is 0. The molecule has 0 rings (SSSR count). The van der Waals surface area contributed by atoms with E-state index in [1.165, 1.54) is 0 Å². The Bertz CT molecular complexity index is 332. The van der Waals surface area contributed by atoms with Crippen LogP contribution in [-0.2, 0) is 0 Å². The number of thiocarbonyl (C=S) groups is 2. The number of nitrogens with zero attached hydrogens (tertiary/aromatic N) is 2. The molecule has 0 atom stereocenters. The molecule has 0 fully saturated rings. The monoisotopic (exact) mass is 320 g/mol. The van der Waals surface area contributed by atoms with Crippen LogP contribution in [0.3, 0.4) is 0 Å². The van der Waals surface area contributed by atoms with Crippen molar-refractivity contribution in [2.75, 3.05) is 25.6 Å². The molecule has 4 N–H and O–H groups in total. The predicted octanol–water partition coefficient (Wildman–Crippen LogP) is 0.659. The Morgan fingerprint density at radius 2 is 1.26 bits per heavy atom. The molecule has 0 aliphatic rings. The van der Waals surface area contributed by atoms with Crippen molar-refractivity contribution in [3.8, 4) is 0 Å². The molecule has 6 nitrogen and oxygen atoms in total. The minimum absolute atomic E-state index is 0.506. The van der Waals surface area contributed by atoms with E-state index < -0.39 is 0 Å². The van der Waals surface area contributed by atoms with Gasteiger partial charge in [0.05, 0.1) is 0 Å². The molecule has 0 radical (unpaired) electrons. The summed E-state index contributed by atoms with van der Waals surface area (Å²) >= 11 is 11.6. The van der Waals surface area contributed by atoms with Crippen LogP contribution in [0.15, 0.2) is 10.2 Å². The largest absolute Gasteiger partial charge is 0.364 e. The van der Waals surface area contributed by atoms with Crippen LogP contribution in [0.25, 0.3) is 0 Å². The van der Waals surface area contributed by atoms with Gasteiger partial charge in [0.25, 0.3) is 0 Å². The van der Waals surface area contributed by atoms with Crippen molar-refractivity contribution in [2.45, 2.75) is 13.8 Å². The van der Waals surface area contributed by atoms with E-state index >= 15 is 0 Å². The Labute approximate surface area is 129 Å². The van der Waals surface area contributed by atoms with Gasteiger partial charge < -0.3 is 10.6 Å². The van der Waals surface area contributed by atoms with Crippen LogP contribution in [0.5, 0.6) is 0 Å². The van der Waals surface area contributed by atoms with Gasteiger partial charge in [-0.2, -0.15) is 10.2 Å². The maximum atomic E-state index is 4.92. The molecule has 0 saturated carbocycles. The second kappa shape index (κ2) is 10.9. The standard InChI is InChI=1S/C10H20N6S3/c1-7(13-15-9(17)11-3)5-19-6-8(2)14-16-10(18)12-4/h5-6H2,1-4H3,(H2,11,15,17)(H2,12,16,18)/b13-7-,14-8-. The Morgan fingerprint density at radius 1 is 0.895 bits per heavy atom. The summed E-state index contributed by atoms with van der Waals surface area (Å²) in [7, 11) is 3.49. The van der Waals surface area contributed by atoms with Gasteiger partial charge in [-0.15, -0.1) is 11.8 Å². The number of rotatable bonds is 6. The first-order chi connectivity index (χ1) is 8.99. The maximum Gasteiger partial charge on any atom is 0.186 e. The van der Waals surface area contributed by atoms with Crippen molar-refractivity contribution in [1.82, 2.24) is 21.5 Å². The molecule has 0 spiro atoms.